The third-order valence-corrected chi connectivity index (χ3v) is 3.90. The first-order valence-electron chi connectivity index (χ1n) is 8.67. The number of ether oxygens (including phenoxy) is 1. The van der Waals surface area contributed by atoms with Gasteiger partial charge in [0, 0.05) is 16.9 Å². The molecule has 3 rings (SSSR count). The van der Waals surface area contributed by atoms with E-state index in [9.17, 15) is 4.79 Å². The molecule has 0 aliphatic rings. The highest BCUT2D eigenvalue weighted by molar-refractivity contribution is 5.94. The van der Waals surface area contributed by atoms with Gasteiger partial charge >= 0.3 is 0 Å². The van der Waals surface area contributed by atoms with E-state index in [0.29, 0.717) is 6.61 Å². The second-order valence-corrected chi connectivity index (χ2v) is 5.77. The van der Waals surface area contributed by atoms with Gasteiger partial charge in [-0.2, -0.15) is 0 Å². The van der Waals surface area contributed by atoms with Crippen LogP contribution in [-0.4, -0.2) is 19.1 Å². The summed E-state index contributed by atoms with van der Waals surface area (Å²) >= 11 is 0. The van der Waals surface area contributed by atoms with E-state index in [0.717, 1.165) is 28.3 Å². The molecule has 3 aromatic rings. The van der Waals surface area contributed by atoms with E-state index in [1.165, 1.54) is 0 Å². The van der Waals surface area contributed by atoms with Gasteiger partial charge in [-0.05, 0) is 42.8 Å². The fraction of sp³-hybridized carbons (Fsp3) is 0.136. The number of para-hydroxylation sites is 1. The lowest BCUT2D eigenvalue weighted by Crippen LogP contribution is -2.21. The minimum Gasteiger partial charge on any atom is -0.494 e. The van der Waals surface area contributed by atoms with Crippen molar-refractivity contribution in [2.24, 2.45) is 0 Å². The standard InChI is InChI=1S/C22H22N2O2/c1-2-26-19-14-12-18(13-15-19)24-22(25)16-23-21-11-7-6-10-20(21)17-8-4-3-5-9-17/h3-15,23H,2,16H2,1H3,(H,24,25). The van der Waals surface area contributed by atoms with E-state index in [2.05, 4.69) is 22.8 Å². The zero-order valence-corrected chi connectivity index (χ0v) is 14.7. The van der Waals surface area contributed by atoms with Crippen LogP contribution in [-0.2, 0) is 4.79 Å². The van der Waals surface area contributed by atoms with E-state index in [1.54, 1.807) is 0 Å². The molecule has 0 radical (unpaired) electrons. The molecule has 0 atom stereocenters. The smallest absolute Gasteiger partial charge is 0.243 e. The van der Waals surface area contributed by atoms with Gasteiger partial charge in [-0.25, -0.2) is 0 Å². The quantitative estimate of drug-likeness (QED) is 0.646. The molecule has 0 unspecified atom stereocenters. The van der Waals surface area contributed by atoms with Crippen molar-refractivity contribution in [3.8, 4) is 16.9 Å². The molecule has 2 N–H and O–H groups in total. The van der Waals surface area contributed by atoms with Gasteiger partial charge in [0.15, 0.2) is 0 Å². The first kappa shape index (κ1) is 17.5. The van der Waals surface area contributed by atoms with Gasteiger partial charge in [0.2, 0.25) is 5.91 Å². The van der Waals surface area contributed by atoms with Crippen LogP contribution in [0.3, 0.4) is 0 Å². The molecule has 0 spiro atoms. The minimum atomic E-state index is -0.1000. The maximum atomic E-state index is 12.2. The van der Waals surface area contributed by atoms with E-state index in [1.807, 2.05) is 73.7 Å². The molecular formula is C22H22N2O2. The van der Waals surface area contributed by atoms with Crippen LogP contribution in [0.4, 0.5) is 11.4 Å². The molecule has 1 amide bonds. The zero-order chi connectivity index (χ0) is 18.2. The first-order chi connectivity index (χ1) is 12.8. The van der Waals surface area contributed by atoms with Gasteiger partial charge < -0.3 is 15.4 Å². The summed E-state index contributed by atoms with van der Waals surface area (Å²) in [5.41, 5.74) is 3.86. The third kappa shape index (κ3) is 4.63. The molecule has 0 saturated carbocycles. The number of anilines is 2. The molecular weight excluding hydrogens is 324 g/mol. The lowest BCUT2D eigenvalue weighted by molar-refractivity contribution is -0.114. The molecule has 0 fully saturated rings. The molecule has 132 valence electrons. The van der Waals surface area contributed by atoms with Crippen LogP contribution in [0.5, 0.6) is 5.75 Å². The van der Waals surface area contributed by atoms with Crippen molar-refractivity contribution < 1.29 is 9.53 Å². The van der Waals surface area contributed by atoms with Gasteiger partial charge in [0.25, 0.3) is 0 Å². The van der Waals surface area contributed by atoms with Crippen LogP contribution >= 0.6 is 0 Å². The third-order valence-electron chi connectivity index (χ3n) is 3.90. The molecule has 26 heavy (non-hydrogen) atoms. The molecule has 0 saturated heterocycles. The second kappa shape index (κ2) is 8.72. The van der Waals surface area contributed by atoms with Crippen molar-refractivity contribution in [2.45, 2.75) is 6.92 Å². The Hall–Kier alpha value is -3.27. The van der Waals surface area contributed by atoms with Gasteiger partial charge in [-0.3, -0.25) is 4.79 Å². The average molecular weight is 346 g/mol. The molecule has 4 heteroatoms. The highest BCUT2D eigenvalue weighted by atomic mass is 16.5. The second-order valence-electron chi connectivity index (χ2n) is 5.77. The van der Waals surface area contributed by atoms with Crippen molar-refractivity contribution in [1.82, 2.24) is 0 Å². The Balaban J connectivity index is 1.61. The zero-order valence-electron chi connectivity index (χ0n) is 14.7. The summed E-state index contributed by atoms with van der Waals surface area (Å²) in [5.74, 6) is 0.692. The molecule has 0 aliphatic heterocycles. The fourth-order valence-electron chi connectivity index (χ4n) is 2.69. The summed E-state index contributed by atoms with van der Waals surface area (Å²) in [6.07, 6.45) is 0. The predicted molar refractivity (Wildman–Crippen MR) is 107 cm³/mol. The van der Waals surface area contributed by atoms with Gasteiger partial charge in [-0.15, -0.1) is 0 Å². The summed E-state index contributed by atoms with van der Waals surface area (Å²) in [7, 11) is 0. The van der Waals surface area contributed by atoms with Crippen molar-refractivity contribution in [1.29, 1.82) is 0 Å². The van der Waals surface area contributed by atoms with E-state index < -0.39 is 0 Å². The number of benzene rings is 3. The molecule has 0 aromatic heterocycles. The summed E-state index contributed by atoms with van der Waals surface area (Å²) in [5, 5.41) is 6.11. The van der Waals surface area contributed by atoms with Crippen molar-refractivity contribution in [2.75, 3.05) is 23.8 Å². The largest absolute Gasteiger partial charge is 0.494 e. The Labute approximate surface area is 153 Å². The van der Waals surface area contributed by atoms with E-state index in [4.69, 9.17) is 4.74 Å². The maximum Gasteiger partial charge on any atom is 0.243 e. The van der Waals surface area contributed by atoms with Crippen molar-refractivity contribution in [3.05, 3.63) is 78.9 Å². The minimum absolute atomic E-state index is 0.1000. The Kier molecular flexibility index (Phi) is 5.88. The topological polar surface area (TPSA) is 50.4 Å². The molecule has 0 aliphatic carbocycles. The van der Waals surface area contributed by atoms with E-state index in [-0.39, 0.29) is 12.5 Å². The van der Waals surface area contributed by atoms with Crippen molar-refractivity contribution in [3.63, 3.8) is 0 Å². The Morgan fingerprint density at radius 1 is 0.885 bits per heavy atom. The SMILES string of the molecule is CCOc1ccc(NC(=O)CNc2ccccc2-c2ccccc2)cc1. The molecule has 0 bridgehead atoms. The summed E-state index contributed by atoms with van der Waals surface area (Å²) < 4.78 is 5.40. The number of hydrogen-bond donors (Lipinski definition) is 2. The van der Waals surface area contributed by atoms with Crippen LogP contribution in [0.15, 0.2) is 78.9 Å². The Morgan fingerprint density at radius 3 is 2.31 bits per heavy atom. The first-order valence-corrected chi connectivity index (χ1v) is 8.67. The maximum absolute atomic E-state index is 12.2. The Bertz CT molecular complexity index is 846. The summed E-state index contributed by atoms with van der Waals surface area (Å²) in [4.78, 5) is 12.2. The summed E-state index contributed by atoms with van der Waals surface area (Å²) in [6.45, 7) is 2.75. The monoisotopic (exact) mass is 346 g/mol. The fourth-order valence-corrected chi connectivity index (χ4v) is 2.69. The van der Waals surface area contributed by atoms with Crippen LogP contribution in [0, 0.1) is 0 Å². The molecule has 4 nitrogen and oxygen atoms in total. The van der Waals surface area contributed by atoms with Crippen LogP contribution in [0.2, 0.25) is 0 Å². The van der Waals surface area contributed by atoms with Crippen LogP contribution in [0.1, 0.15) is 6.92 Å². The van der Waals surface area contributed by atoms with Crippen molar-refractivity contribution >= 4 is 17.3 Å². The van der Waals surface area contributed by atoms with Gasteiger partial charge in [0.05, 0.1) is 13.2 Å². The van der Waals surface area contributed by atoms with E-state index >= 15 is 0 Å². The highest BCUT2D eigenvalue weighted by Gasteiger charge is 2.07. The number of amides is 1. The molecule has 0 heterocycles. The number of carbonyl (C=O) groups is 1. The van der Waals surface area contributed by atoms with Gasteiger partial charge in [-0.1, -0.05) is 48.5 Å². The predicted octanol–water partition coefficient (Wildman–Crippen LogP) is 4.80. The number of nitrogens with one attached hydrogen (secondary N) is 2. The lowest BCUT2D eigenvalue weighted by Gasteiger charge is -2.12. The summed E-state index contributed by atoms with van der Waals surface area (Å²) in [6, 6.07) is 25.4. The number of rotatable bonds is 7. The van der Waals surface area contributed by atoms with Crippen LogP contribution < -0.4 is 15.4 Å². The number of hydrogen-bond acceptors (Lipinski definition) is 3. The highest BCUT2D eigenvalue weighted by Crippen LogP contribution is 2.27. The van der Waals surface area contributed by atoms with Gasteiger partial charge in [0.1, 0.15) is 5.75 Å². The normalized spacial score (nSPS) is 10.2. The van der Waals surface area contributed by atoms with Crippen LogP contribution in [0.25, 0.3) is 11.1 Å². The lowest BCUT2D eigenvalue weighted by atomic mass is 10.0. The average Bonchev–Trinajstić information content (AvgIpc) is 2.69. The molecule has 3 aromatic carbocycles. The number of carbonyl (C=O) groups excluding carboxylic acids is 1. The Morgan fingerprint density at radius 2 is 1.58 bits per heavy atom.